The van der Waals surface area contributed by atoms with Crippen molar-refractivity contribution in [2.75, 3.05) is 0 Å². The van der Waals surface area contributed by atoms with E-state index in [2.05, 4.69) is 10.1 Å². The van der Waals surface area contributed by atoms with Gasteiger partial charge in [-0.05, 0) is 39.8 Å². The first kappa shape index (κ1) is 16.0. The molecule has 0 amide bonds. The van der Waals surface area contributed by atoms with Gasteiger partial charge in [0.1, 0.15) is 5.82 Å². The van der Waals surface area contributed by atoms with Gasteiger partial charge < -0.3 is 10.3 Å². The first-order valence-electron chi connectivity index (χ1n) is 6.71. The largest absolute Gasteiger partial charge is 0.339 e. The maximum absolute atomic E-state index is 13.5. The Labute approximate surface area is 128 Å². The minimum atomic E-state index is -0.491. The van der Waals surface area contributed by atoms with E-state index in [-0.39, 0.29) is 5.82 Å². The Kier molecular flexibility index (Phi) is 4.39. The second kappa shape index (κ2) is 5.77. The molecule has 4 nitrogen and oxygen atoms in total. The van der Waals surface area contributed by atoms with Crippen LogP contribution in [0.5, 0.6) is 0 Å². The molecule has 0 unspecified atom stereocenters. The summed E-state index contributed by atoms with van der Waals surface area (Å²) < 4.78 is 18.9. The Morgan fingerprint density at radius 1 is 1.24 bits per heavy atom. The number of halogens is 1. The highest BCUT2D eigenvalue weighted by molar-refractivity contribution is 7.98. The van der Waals surface area contributed by atoms with Crippen molar-refractivity contribution in [1.29, 1.82) is 0 Å². The van der Waals surface area contributed by atoms with Crippen molar-refractivity contribution >= 4 is 11.8 Å². The van der Waals surface area contributed by atoms with Crippen molar-refractivity contribution in [1.82, 2.24) is 10.1 Å². The van der Waals surface area contributed by atoms with Crippen LogP contribution in [0.1, 0.15) is 39.4 Å². The molecule has 2 rings (SSSR count). The van der Waals surface area contributed by atoms with Crippen molar-refractivity contribution in [3.05, 3.63) is 41.8 Å². The molecule has 0 atom stereocenters. The molecule has 0 radical (unpaired) electrons. The van der Waals surface area contributed by atoms with Gasteiger partial charge in [0.05, 0.1) is 11.2 Å². The van der Waals surface area contributed by atoms with E-state index in [1.807, 2.05) is 27.7 Å². The van der Waals surface area contributed by atoms with Gasteiger partial charge in [0.2, 0.25) is 5.89 Å². The Morgan fingerprint density at radius 2 is 1.90 bits per heavy atom. The lowest BCUT2D eigenvalue weighted by molar-refractivity contribution is 0.222. The zero-order valence-electron chi connectivity index (χ0n) is 12.7. The fraction of sp³-hybridized carbons (Fsp3) is 0.467. The van der Waals surface area contributed by atoms with E-state index >= 15 is 0 Å². The Morgan fingerprint density at radius 3 is 2.52 bits per heavy atom. The summed E-state index contributed by atoms with van der Waals surface area (Å²) in [6.07, 6.45) is 0. The standard InChI is InChI=1S/C15H20FN3OS/c1-14(2,15(3,4)17)13-18-12(19-20-13)9-21-11-8-6-5-7-10(11)16/h5-8H,9,17H2,1-4H3. The molecule has 0 saturated carbocycles. The fourth-order valence-electron chi connectivity index (χ4n) is 1.55. The van der Waals surface area contributed by atoms with Gasteiger partial charge in [-0.1, -0.05) is 17.3 Å². The fourth-order valence-corrected chi connectivity index (χ4v) is 2.33. The predicted octanol–water partition coefficient (Wildman–Crippen LogP) is 3.52. The van der Waals surface area contributed by atoms with E-state index in [1.165, 1.54) is 17.8 Å². The molecule has 6 heteroatoms. The number of aromatic nitrogens is 2. The first-order chi connectivity index (χ1) is 9.72. The van der Waals surface area contributed by atoms with Crippen LogP contribution in [0.15, 0.2) is 33.7 Å². The molecule has 0 aliphatic rings. The highest BCUT2D eigenvalue weighted by Gasteiger charge is 2.40. The lowest BCUT2D eigenvalue weighted by atomic mass is 9.75. The van der Waals surface area contributed by atoms with Crippen LogP contribution < -0.4 is 5.73 Å². The van der Waals surface area contributed by atoms with Gasteiger partial charge in [-0.3, -0.25) is 0 Å². The average molecular weight is 309 g/mol. The number of thioether (sulfide) groups is 1. The molecule has 1 heterocycles. The Balaban J connectivity index is 2.09. The van der Waals surface area contributed by atoms with Gasteiger partial charge in [0, 0.05) is 10.4 Å². The van der Waals surface area contributed by atoms with E-state index in [0.29, 0.717) is 22.4 Å². The van der Waals surface area contributed by atoms with Crippen molar-refractivity contribution in [2.45, 2.75) is 49.3 Å². The minimum Gasteiger partial charge on any atom is -0.339 e. The summed E-state index contributed by atoms with van der Waals surface area (Å²) >= 11 is 1.34. The van der Waals surface area contributed by atoms with Crippen LogP contribution in [0.4, 0.5) is 4.39 Å². The van der Waals surface area contributed by atoms with Crippen molar-refractivity contribution in [2.24, 2.45) is 5.73 Å². The molecular formula is C15H20FN3OS. The Bertz CT molecular complexity index is 619. The van der Waals surface area contributed by atoms with Gasteiger partial charge in [0.25, 0.3) is 0 Å². The van der Waals surface area contributed by atoms with Crippen molar-refractivity contribution in [3.8, 4) is 0 Å². The third-order valence-corrected chi connectivity index (χ3v) is 4.85. The number of hydrogen-bond acceptors (Lipinski definition) is 5. The molecule has 0 fully saturated rings. The lowest BCUT2D eigenvalue weighted by Crippen LogP contribution is -2.50. The smallest absolute Gasteiger partial charge is 0.234 e. The van der Waals surface area contributed by atoms with E-state index in [4.69, 9.17) is 10.3 Å². The van der Waals surface area contributed by atoms with Crippen LogP contribution >= 0.6 is 11.8 Å². The molecule has 0 aliphatic carbocycles. The summed E-state index contributed by atoms with van der Waals surface area (Å²) in [5, 5.41) is 3.96. The summed E-state index contributed by atoms with van der Waals surface area (Å²) in [5.41, 5.74) is 5.22. The lowest BCUT2D eigenvalue weighted by Gasteiger charge is -2.34. The summed E-state index contributed by atoms with van der Waals surface area (Å²) in [6.45, 7) is 7.78. The highest BCUT2D eigenvalue weighted by atomic mass is 32.2. The zero-order chi connectivity index (χ0) is 15.7. The second-order valence-electron chi connectivity index (χ2n) is 6.08. The van der Waals surface area contributed by atoms with Gasteiger partial charge >= 0.3 is 0 Å². The normalized spacial score (nSPS) is 12.7. The molecule has 0 spiro atoms. The van der Waals surface area contributed by atoms with Gasteiger partial charge in [-0.15, -0.1) is 11.8 Å². The van der Waals surface area contributed by atoms with Gasteiger partial charge in [-0.25, -0.2) is 4.39 Å². The quantitative estimate of drug-likeness (QED) is 0.856. The van der Waals surface area contributed by atoms with Crippen LogP contribution in [-0.2, 0) is 11.2 Å². The molecule has 2 N–H and O–H groups in total. The highest BCUT2D eigenvalue weighted by Crippen LogP contribution is 2.32. The minimum absolute atomic E-state index is 0.241. The van der Waals surface area contributed by atoms with Gasteiger partial charge in [0.15, 0.2) is 5.82 Å². The summed E-state index contributed by atoms with van der Waals surface area (Å²) in [5.74, 6) is 1.25. The van der Waals surface area contributed by atoms with Crippen molar-refractivity contribution in [3.63, 3.8) is 0 Å². The zero-order valence-corrected chi connectivity index (χ0v) is 13.5. The van der Waals surface area contributed by atoms with Crippen molar-refractivity contribution < 1.29 is 8.91 Å². The van der Waals surface area contributed by atoms with Crippen LogP contribution in [0.2, 0.25) is 0 Å². The third kappa shape index (κ3) is 3.44. The molecule has 1 aromatic heterocycles. The topological polar surface area (TPSA) is 64.9 Å². The van der Waals surface area contributed by atoms with Gasteiger partial charge in [-0.2, -0.15) is 4.98 Å². The number of rotatable bonds is 5. The average Bonchev–Trinajstić information content (AvgIpc) is 2.86. The SMILES string of the molecule is CC(C)(N)C(C)(C)c1nc(CSc2ccccc2F)no1. The number of benzene rings is 1. The predicted molar refractivity (Wildman–Crippen MR) is 81.6 cm³/mol. The second-order valence-corrected chi connectivity index (χ2v) is 7.10. The van der Waals surface area contributed by atoms with Crippen LogP contribution in [0, 0.1) is 5.82 Å². The van der Waals surface area contributed by atoms with E-state index in [9.17, 15) is 4.39 Å². The van der Waals surface area contributed by atoms with E-state index in [0.717, 1.165) is 0 Å². The molecule has 2 aromatic rings. The number of nitrogens with zero attached hydrogens (tertiary/aromatic N) is 2. The third-order valence-electron chi connectivity index (χ3n) is 3.81. The molecule has 0 saturated heterocycles. The molecule has 0 aliphatic heterocycles. The Hall–Kier alpha value is -1.40. The summed E-state index contributed by atoms with van der Waals surface area (Å²) in [4.78, 5) is 4.96. The molecular weight excluding hydrogens is 289 g/mol. The molecule has 1 aromatic carbocycles. The monoisotopic (exact) mass is 309 g/mol. The molecule has 0 bridgehead atoms. The molecule has 114 valence electrons. The summed E-state index contributed by atoms with van der Waals surface area (Å²) in [7, 11) is 0. The number of hydrogen-bond donors (Lipinski definition) is 1. The number of nitrogens with two attached hydrogens (primary N) is 1. The summed E-state index contributed by atoms with van der Waals surface area (Å²) in [6, 6.07) is 6.63. The van der Waals surface area contributed by atoms with Crippen LogP contribution in [0.3, 0.4) is 0 Å². The van der Waals surface area contributed by atoms with E-state index < -0.39 is 11.0 Å². The maximum atomic E-state index is 13.5. The first-order valence-corrected chi connectivity index (χ1v) is 7.69. The van der Waals surface area contributed by atoms with Crippen LogP contribution in [0.25, 0.3) is 0 Å². The van der Waals surface area contributed by atoms with E-state index in [1.54, 1.807) is 18.2 Å². The van der Waals surface area contributed by atoms with Crippen LogP contribution in [-0.4, -0.2) is 15.7 Å². The molecule has 21 heavy (non-hydrogen) atoms. The maximum Gasteiger partial charge on any atom is 0.234 e.